The summed E-state index contributed by atoms with van der Waals surface area (Å²) in [6.07, 6.45) is 3.58. The number of thiophene rings is 1. The summed E-state index contributed by atoms with van der Waals surface area (Å²) in [4.78, 5) is 33.2. The van der Waals surface area contributed by atoms with E-state index in [1.54, 1.807) is 29.1 Å². The largest absolute Gasteiger partial charge is 0.352 e. The average molecular weight is 372 g/mol. The van der Waals surface area contributed by atoms with Crippen LogP contribution in [0.2, 0.25) is 0 Å². The molecule has 0 bridgehead atoms. The van der Waals surface area contributed by atoms with Crippen molar-refractivity contribution in [2.24, 2.45) is 0 Å². The van der Waals surface area contributed by atoms with Crippen molar-refractivity contribution in [3.05, 3.63) is 58.7 Å². The van der Waals surface area contributed by atoms with E-state index < -0.39 is 0 Å². The zero-order valence-electron chi connectivity index (χ0n) is 13.3. The topological polar surface area (TPSA) is 84.0 Å². The molecule has 0 fully saturated rings. The molecular formula is C17H16N4O2S2. The zero-order chi connectivity index (χ0) is 17.5. The van der Waals surface area contributed by atoms with E-state index in [0.717, 1.165) is 15.4 Å². The number of hydrogen-bond donors (Lipinski definition) is 2. The van der Waals surface area contributed by atoms with Crippen LogP contribution in [-0.2, 0) is 11.3 Å². The van der Waals surface area contributed by atoms with Crippen molar-refractivity contribution < 1.29 is 9.59 Å². The fourth-order valence-corrected chi connectivity index (χ4v) is 3.68. The average Bonchev–Trinajstić information content (AvgIpc) is 3.32. The number of thiazole rings is 1. The summed E-state index contributed by atoms with van der Waals surface area (Å²) in [5.74, 6) is -0.379. The van der Waals surface area contributed by atoms with E-state index in [1.807, 2.05) is 29.6 Å². The van der Waals surface area contributed by atoms with E-state index >= 15 is 0 Å². The molecule has 25 heavy (non-hydrogen) atoms. The summed E-state index contributed by atoms with van der Waals surface area (Å²) >= 11 is 3.02. The van der Waals surface area contributed by atoms with Gasteiger partial charge in [0.15, 0.2) is 0 Å². The van der Waals surface area contributed by atoms with Crippen molar-refractivity contribution >= 4 is 34.5 Å². The van der Waals surface area contributed by atoms with Crippen LogP contribution in [0.4, 0.5) is 0 Å². The van der Waals surface area contributed by atoms with Gasteiger partial charge in [-0.15, -0.1) is 22.7 Å². The van der Waals surface area contributed by atoms with E-state index in [9.17, 15) is 9.59 Å². The molecule has 6 nitrogen and oxygen atoms in total. The molecule has 0 saturated heterocycles. The van der Waals surface area contributed by atoms with Crippen LogP contribution < -0.4 is 10.6 Å². The quantitative estimate of drug-likeness (QED) is 0.668. The standard InChI is InChI=1S/C17H16N4O2S2/c22-15(20-10-12-3-6-18-7-4-12)5-8-19-16(23)13-11-25-17(21-13)14-2-1-9-24-14/h1-4,6-7,9,11H,5,8,10H2,(H,19,23)(H,20,22). The van der Waals surface area contributed by atoms with Crippen LogP contribution >= 0.6 is 22.7 Å². The maximum absolute atomic E-state index is 12.1. The number of carbonyl (C=O) groups excluding carboxylic acids is 2. The molecule has 2 N–H and O–H groups in total. The molecular weight excluding hydrogens is 356 g/mol. The summed E-state index contributed by atoms with van der Waals surface area (Å²) in [7, 11) is 0. The van der Waals surface area contributed by atoms with Gasteiger partial charge in [0, 0.05) is 37.3 Å². The Hall–Kier alpha value is -2.58. The second-order valence-electron chi connectivity index (χ2n) is 5.15. The van der Waals surface area contributed by atoms with Gasteiger partial charge in [-0.25, -0.2) is 4.98 Å². The van der Waals surface area contributed by atoms with Gasteiger partial charge in [0.25, 0.3) is 5.91 Å². The molecule has 3 aromatic rings. The summed E-state index contributed by atoms with van der Waals surface area (Å²) in [5, 5.41) is 10.1. The minimum absolute atomic E-state index is 0.116. The zero-order valence-corrected chi connectivity index (χ0v) is 14.9. The van der Waals surface area contributed by atoms with Gasteiger partial charge in [0.05, 0.1) is 4.88 Å². The summed E-state index contributed by atoms with van der Waals surface area (Å²) in [6.45, 7) is 0.721. The molecule has 0 aliphatic rings. The normalized spacial score (nSPS) is 10.4. The number of pyridine rings is 1. The van der Waals surface area contributed by atoms with Crippen LogP contribution in [0.3, 0.4) is 0 Å². The van der Waals surface area contributed by atoms with E-state index in [1.165, 1.54) is 11.3 Å². The molecule has 0 saturated carbocycles. The lowest BCUT2D eigenvalue weighted by atomic mass is 10.2. The van der Waals surface area contributed by atoms with Crippen LogP contribution in [0.5, 0.6) is 0 Å². The Morgan fingerprint density at radius 1 is 1.08 bits per heavy atom. The van der Waals surface area contributed by atoms with Crippen molar-refractivity contribution in [3.8, 4) is 9.88 Å². The Kier molecular flexibility index (Phi) is 5.86. The molecule has 3 rings (SSSR count). The predicted octanol–water partition coefficient (Wildman–Crippen LogP) is 2.70. The third-order valence-corrected chi connectivity index (χ3v) is 5.23. The lowest BCUT2D eigenvalue weighted by Crippen LogP contribution is -2.30. The Balaban J connectivity index is 1.41. The van der Waals surface area contributed by atoms with Crippen molar-refractivity contribution in [1.82, 2.24) is 20.6 Å². The minimum Gasteiger partial charge on any atom is -0.352 e. The number of aromatic nitrogens is 2. The van der Waals surface area contributed by atoms with E-state index in [2.05, 4.69) is 20.6 Å². The molecule has 128 valence electrons. The Morgan fingerprint density at radius 3 is 2.68 bits per heavy atom. The summed E-state index contributed by atoms with van der Waals surface area (Å²) in [6, 6.07) is 7.61. The first-order valence-electron chi connectivity index (χ1n) is 7.65. The van der Waals surface area contributed by atoms with Crippen LogP contribution in [0, 0.1) is 0 Å². The molecule has 8 heteroatoms. The Labute approximate surface area is 153 Å². The molecule has 0 spiro atoms. The van der Waals surface area contributed by atoms with Gasteiger partial charge < -0.3 is 10.6 Å². The highest BCUT2D eigenvalue weighted by molar-refractivity contribution is 7.20. The Bertz CT molecular complexity index is 831. The van der Waals surface area contributed by atoms with Crippen LogP contribution in [-0.4, -0.2) is 28.3 Å². The molecule has 0 unspecified atom stereocenters. The van der Waals surface area contributed by atoms with E-state index in [0.29, 0.717) is 12.2 Å². The highest BCUT2D eigenvalue weighted by Crippen LogP contribution is 2.27. The lowest BCUT2D eigenvalue weighted by Gasteiger charge is -2.06. The van der Waals surface area contributed by atoms with Crippen LogP contribution in [0.25, 0.3) is 9.88 Å². The van der Waals surface area contributed by atoms with Gasteiger partial charge in [-0.05, 0) is 29.1 Å². The van der Waals surface area contributed by atoms with Crippen molar-refractivity contribution in [2.45, 2.75) is 13.0 Å². The van der Waals surface area contributed by atoms with Gasteiger partial charge in [0.1, 0.15) is 10.7 Å². The molecule has 0 atom stereocenters. The van der Waals surface area contributed by atoms with Crippen molar-refractivity contribution in [2.75, 3.05) is 6.54 Å². The fourth-order valence-electron chi connectivity index (χ4n) is 2.06. The second kappa shape index (κ2) is 8.50. The molecule has 0 aliphatic heterocycles. The molecule has 0 aromatic carbocycles. The first-order valence-corrected chi connectivity index (χ1v) is 9.41. The van der Waals surface area contributed by atoms with Gasteiger partial charge in [-0.3, -0.25) is 14.6 Å². The van der Waals surface area contributed by atoms with E-state index in [-0.39, 0.29) is 24.8 Å². The smallest absolute Gasteiger partial charge is 0.270 e. The van der Waals surface area contributed by atoms with Gasteiger partial charge in [-0.1, -0.05) is 6.07 Å². The highest BCUT2D eigenvalue weighted by Gasteiger charge is 2.12. The first-order chi connectivity index (χ1) is 12.2. The third kappa shape index (κ3) is 4.94. The molecule has 2 amide bonds. The number of nitrogens with zero attached hydrogens (tertiary/aromatic N) is 2. The molecule has 0 aliphatic carbocycles. The molecule has 0 radical (unpaired) electrons. The molecule has 3 heterocycles. The number of carbonyl (C=O) groups is 2. The van der Waals surface area contributed by atoms with Gasteiger partial charge in [0.2, 0.25) is 5.91 Å². The first kappa shape index (κ1) is 17.2. The Morgan fingerprint density at radius 2 is 1.92 bits per heavy atom. The maximum Gasteiger partial charge on any atom is 0.270 e. The number of hydrogen-bond acceptors (Lipinski definition) is 6. The SMILES string of the molecule is O=C(CCNC(=O)c1csc(-c2cccs2)n1)NCc1ccncc1. The third-order valence-electron chi connectivity index (χ3n) is 3.35. The highest BCUT2D eigenvalue weighted by atomic mass is 32.1. The number of rotatable bonds is 7. The van der Waals surface area contributed by atoms with Crippen molar-refractivity contribution in [1.29, 1.82) is 0 Å². The summed E-state index contributed by atoms with van der Waals surface area (Å²) in [5.41, 5.74) is 1.36. The van der Waals surface area contributed by atoms with Gasteiger partial charge >= 0.3 is 0 Å². The lowest BCUT2D eigenvalue weighted by molar-refractivity contribution is -0.121. The molecule has 3 aromatic heterocycles. The van der Waals surface area contributed by atoms with E-state index in [4.69, 9.17) is 0 Å². The maximum atomic E-state index is 12.1. The van der Waals surface area contributed by atoms with Gasteiger partial charge in [-0.2, -0.15) is 0 Å². The second-order valence-corrected chi connectivity index (χ2v) is 6.96. The predicted molar refractivity (Wildman–Crippen MR) is 98.5 cm³/mol. The van der Waals surface area contributed by atoms with Crippen LogP contribution in [0.15, 0.2) is 47.4 Å². The fraction of sp³-hybridized carbons (Fsp3) is 0.176. The van der Waals surface area contributed by atoms with Crippen molar-refractivity contribution in [3.63, 3.8) is 0 Å². The minimum atomic E-state index is -0.263. The monoisotopic (exact) mass is 372 g/mol. The number of nitrogens with one attached hydrogen (secondary N) is 2. The number of amides is 2. The summed E-state index contributed by atoms with van der Waals surface area (Å²) < 4.78 is 0. The van der Waals surface area contributed by atoms with Crippen LogP contribution in [0.1, 0.15) is 22.5 Å².